The summed E-state index contributed by atoms with van der Waals surface area (Å²) in [4.78, 5) is 12.6. The van der Waals surface area contributed by atoms with Crippen LogP contribution in [0.5, 0.6) is 5.75 Å². The van der Waals surface area contributed by atoms with Crippen molar-refractivity contribution in [3.63, 3.8) is 0 Å². The Morgan fingerprint density at radius 3 is 2.35 bits per heavy atom. The summed E-state index contributed by atoms with van der Waals surface area (Å²) in [5, 5.41) is 3.34. The van der Waals surface area contributed by atoms with E-state index in [0.717, 1.165) is 17.5 Å². The molecule has 2 N–H and O–H groups in total. The maximum absolute atomic E-state index is 13.0. The van der Waals surface area contributed by atoms with Gasteiger partial charge in [0.25, 0.3) is 15.9 Å². The van der Waals surface area contributed by atoms with Crippen molar-refractivity contribution in [2.45, 2.75) is 25.2 Å². The highest BCUT2D eigenvalue weighted by Crippen LogP contribution is 2.28. The number of nitrogens with one attached hydrogen (secondary N) is 2. The molecule has 31 heavy (non-hydrogen) atoms. The summed E-state index contributed by atoms with van der Waals surface area (Å²) in [5.74, 6) is -0.311. The predicted octanol–water partition coefficient (Wildman–Crippen LogP) is 5.27. The summed E-state index contributed by atoms with van der Waals surface area (Å²) in [6.45, 7) is 3.84. The highest BCUT2D eigenvalue weighted by atomic mass is 35.5. The minimum atomic E-state index is -3.99. The molecule has 0 aliphatic rings. The van der Waals surface area contributed by atoms with Gasteiger partial charge in [-0.2, -0.15) is 0 Å². The van der Waals surface area contributed by atoms with Crippen molar-refractivity contribution >= 4 is 38.9 Å². The molecule has 0 atom stereocenters. The van der Waals surface area contributed by atoms with Gasteiger partial charge in [-0.25, -0.2) is 8.42 Å². The molecule has 8 heteroatoms. The molecule has 0 aliphatic heterocycles. The Kier molecular flexibility index (Phi) is 6.87. The second kappa shape index (κ2) is 9.41. The number of methoxy groups -OCH3 is 1. The van der Waals surface area contributed by atoms with Crippen LogP contribution in [0.25, 0.3) is 0 Å². The fourth-order valence-electron chi connectivity index (χ4n) is 3.01. The molecule has 0 saturated carbocycles. The van der Waals surface area contributed by atoms with Crippen LogP contribution in [0.3, 0.4) is 0 Å². The SMILES string of the molecule is CCc1ccc(NS(=O)(=O)c2cc(C(=O)Nc3ccc(Cl)cc3C)ccc2OC)cc1. The Balaban J connectivity index is 1.90. The van der Waals surface area contributed by atoms with Crippen LogP contribution in [-0.4, -0.2) is 21.4 Å². The number of hydrogen-bond donors (Lipinski definition) is 2. The Morgan fingerprint density at radius 1 is 1.03 bits per heavy atom. The summed E-state index contributed by atoms with van der Waals surface area (Å²) in [5.41, 5.74) is 3.07. The van der Waals surface area contributed by atoms with E-state index in [1.54, 1.807) is 30.3 Å². The number of sulfonamides is 1. The molecule has 0 aromatic heterocycles. The van der Waals surface area contributed by atoms with Gasteiger partial charge in [-0.3, -0.25) is 9.52 Å². The summed E-state index contributed by atoms with van der Waals surface area (Å²) in [6, 6.07) is 16.5. The van der Waals surface area contributed by atoms with Gasteiger partial charge < -0.3 is 10.1 Å². The molecule has 0 saturated heterocycles. The van der Waals surface area contributed by atoms with Crippen LogP contribution in [0.15, 0.2) is 65.6 Å². The Bertz CT molecular complexity index is 1210. The number of aryl methyl sites for hydroxylation is 2. The summed E-state index contributed by atoms with van der Waals surface area (Å²) in [6.07, 6.45) is 0.852. The standard InChI is InChI=1S/C23H23ClN2O4S/c1-4-16-5-9-19(10-6-16)26-31(28,29)22-14-17(7-12-21(22)30-3)23(27)25-20-11-8-18(24)13-15(20)2/h5-14,26H,4H2,1-3H3,(H,25,27). The second-order valence-electron chi connectivity index (χ2n) is 6.93. The van der Waals surface area contributed by atoms with Crippen molar-refractivity contribution in [2.75, 3.05) is 17.1 Å². The first-order valence-corrected chi connectivity index (χ1v) is 11.5. The fraction of sp³-hybridized carbons (Fsp3) is 0.174. The average molecular weight is 459 g/mol. The zero-order valence-electron chi connectivity index (χ0n) is 17.4. The molecule has 0 unspecified atom stereocenters. The van der Waals surface area contributed by atoms with Gasteiger partial charge in [0.2, 0.25) is 0 Å². The number of hydrogen-bond acceptors (Lipinski definition) is 4. The van der Waals surface area contributed by atoms with Crippen molar-refractivity contribution in [1.82, 2.24) is 0 Å². The highest BCUT2D eigenvalue weighted by molar-refractivity contribution is 7.92. The fourth-order valence-corrected chi connectivity index (χ4v) is 4.49. The van der Waals surface area contributed by atoms with Gasteiger partial charge in [-0.05, 0) is 73.0 Å². The molecular formula is C23H23ClN2O4S. The molecule has 0 bridgehead atoms. The lowest BCUT2D eigenvalue weighted by Gasteiger charge is -2.14. The molecule has 3 aromatic rings. The number of carbonyl (C=O) groups excluding carboxylic acids is 1. The molecular weight excluding hydrogens is 436 g/mol. The van der Waals surface area contributed by atoms with E-state index >= 15 is 0 Å². The largest absolute Gasteiger partial charge is 0.495 e. The number of benzene rings is 3. The van der Waals surface area contributed by atoms with Crippen LogP contribution in [0.1, 0.15) is 28.4 Å². The first kappa shape index (κ1) is 22.7. The number of rotatable bonds is 7. The third kappa shape index (κ3) is 5.37. The quantitative estimate of drug-likeness (QED) is 0.505. The first-order chi connectivity index (χ1) is 14.7. The van der Waals surface area contributed by atoms with E-state index in [4.69, 9.17) is 16.3 Å². The Morgan fingerprint density at radius 2 is 1.74 bits per heavy atom. The van der Waals surface area contributed by atoms with Gasteiger partial charge in [0, 0.05) is 22.0 Å². The molecule has 0 heterocycles. The molecule has 6 nitrogen and oxygen atoms in total. The third-order valence-corrected chi connectivity index (χ3v) is 6.40. The zero-order valence-corrected chi connectivity index (χ0v) is 19.0. The van der Waals surface area contributed by atoms with E-state index in [0.29, 0.717) is 16.4 Å². The minimum absolute atomic E-state index is 0.130. The lowest BCUT2D eigenvalue weighted by molar-refractivity contribution is 0.102. The van der Waals surface area contributed by atoms with E-state index in [-0.39, 0.29) is 16.2 Å². The average Bonchev–Trinajstić information content (AvgIpc) is 2.75. The number of anilines is 2. The maximum atomic E-state index is 13.0. The second-order valence-corrected chi connectivity index (χ2v) is 9.02. The van der Waals surface area contributed by atoms with E-state index in [1.165, 1.54) is 25.3 Å². The number of amides is 1. The van der Waals surface area contributed by atoms with Gasteiger partial charge in [0.15, 0.2) is 0 Å². The van der Waals surface area contributed by atoms with Crippen molar-refractivity contribution in [1.29, 1.82) is 0 Å². The number of halogens is 1. The lowest BCUT2D eigenvalue weighted by atomic mass is 10.1. The van der Waals surface area contributed by atoms with Crippen LogP contribution < -0.4 is 14.8 Å². The van der Waals surface area contributed by atoms with E-state index in [2.05, 4.69) is 10.0 Å². The maximum Gasteiger partial charge on any atom is 0.265 e. The van der Waals surface area contributed by atoms with E-state index in [9.17, 15) is 13.2 Å². The number of ether oxygens (including phenoxy) is 1. The van der Waals surface area contributed by atoms with Crippen molar-refractivity contribution in [3.05, 3.63) is 82.4 Å². The van der Waals surface area contributed by atoms with Gasteiger partial charge >= 0.3 is 0 Å². The monoisotopic (exact) mass is 458 g/mol. The van der Waals surface area contributed by atoms with Crippen molar-refractivity contribution in [3.8, 4) is 5.75 Å². The molecule has 0 spiro atoms. The van der Waals surface area contributed by atoms with Crippen LogP contribution >= 0.6 is 11.6 Å². The van der Waals surface area contributed by atoms with Crippen molar-refractivity contribution in [2.24, 2.45) is 0 Å². The van der Waals surface area contributed by atoms with Crippen LogP contribution in [0.4, 0.5) is 11.4 Å². The molecule has 0 fully saturated rings. The van der Waals surface area contributed by atoms with Crippen LogP contribution in [0, 0.1) is 6.92 Å². The molecule has 1 amide bonds. The molecule has 0 radical (unpaired) electrons. The van der Waals surface area contributed by atoms with E-state index in [1.807, 2.05) is 26.0 Å². The van der Waals surface area contributed by atoms with E-state index < -0.39 is 15.9 Å². The minimum Gasteiger partial charge on any atom is -0.495 e. The van der Waals surface area contributed by atoms with Gasteiger partial charge in [0.1, 0.15) is 10.6 Å². The smallest absolute Gasteiger partial charge is 0.265 e. The molecule has 0 aliphatic carbocycles. The lowest BCUT2D eigenvalue weighted by Crippen LogP contribution is -2.17. The summed E-state index contributed by atoms with van der Waals surface area (Å²) < 4.78 is 33.8. The van der Waals surface area contributed by atoms with Gasteiger partial charge in [-0.1, -0.05) is 30.7 Å². The first-order valence-electron chi connectivity index (χ1n) is 9.61. The summed E-state index contributed by atoms with van der Waals surface area (Å²) in [7, 11) is -2.61. The van der Waals surface area contributed by atoms with Gasteiger partial charge in [-0.15, -0.1) is 0 Å². The Hall–Kier alpha value is -3.03. The molecule has 162 valence electrons. The van der Waals surface area contributed by atoms with Crippen LogP contribution in [0.2, 0.25) is 5.02 Å². The highest BCUT2D eigenvalue weighted by Gasteiger charge is 2.22. The van der Waals surface area contributed by atoms with Gasteiger partial charge in [0.05, 0.1) is 7.11 Å². The third-order valence-electron chi connectivity index (χ3n) is 4.77. The van der Waals surface area contributed by atoms with Crippen LogP contribution in [-0.2, 0) is 16.4 Å². The topological polar surface area (TPSA) is 84.5 Å². The normalized spacial score (nSPS) is 11.1. The molecule has 3 rings (SSSR count). The van der Waals surface area contributed by atoms with Crippen molar-refractivity contribution < 1.29 is 17.9 Å². The molecule has 3 aromatic carbocycles. The Labute approximate surface area is 187 Å². The zero-order chi connectivity index (χ0) is 22.6. The summed E-state index contributed by atoms with van der Waals surface area (Å²) >= 11 is 5.96. The predicted molar refractivity (Wildman–Crippen MR) is 124 cm³/mol. The number of carbonyl (C=O) groups is 1.